The van der Waals surface area contributed by atoms with Gasteiger partial charge in [-0.3, -0.25) is 4.79 Å². The van der Waals surface area contributed by atoms with Crippen molar-refractivity contribution in [3.05, 3.63) is 0 Å². The Bertz CT molecular complexity index is 406. The van der Waals surface area contributed by atoms with E-state index in [1.165, 1.54) is 4.31 Å². The molecule has 0 aromatic heterocycles. The van der Waals surface area contributed by atoms with Crippen molar-refractivity contribution < 1.29 is 22.0 Å². The molecule has 0 spiro atoms. The summed E-state index contributed by atoms with van der Waals surface area (Å²) in [5.41, 5.74) is 0. The van der Waals surface area contributed by atoms with Gasteiger partial charge in [0.15, 0.2) is 0 Å². The topological polar surface area (TPSA) is 66.5 Å². The lowest BCUT2D eigenvalue weighted by molar-refractivity contribution is -0.127. The number of sulfonamides is 1. The maximum Gasteiger partial charge on any atom is 0.254 e. The van der Waals surface area contributed by atoms with Crippen LogP contribution in [0.1, 0.15) is 26.2 Å². The Hall–Kier alpha value is -0.760. The summed E-state index contributed by atoms with van der Waals surface area (Å²) >= 11 is 0. The third-order valence-electron chi connectivity index (χ3n) is 2.75. The molecule has 8 heteroatoms. The number of carbonyl (C=O) groups excluding carboxylic acids is 1. The van der Waals surface area contributed by atoms with E-state index in [4.69, 9.17) is 0 Å². The molecule has 1 aliphatic rings. The molecule has 0 aromatic rings. The fourth-order valence-corrected chi connectivity index (χ4v) is 3.21. The third-order valence-corrected chi connectivity index (χ3v) is 4.09. The highest BCUT2D eigenvalue weighted by Gasteiger charge is 2.32. The Balaban J connectivity index is 2.46. The maximum atomic E-state index is 12.6. The van der Waals surface area contributed by atoms with E-state index >= 15 is 0 Å². The van der Waals surface area contributed by atoms with E-state index < -0.39 is 28.3 Å². The summed E-state index contributed by atoms with van der Waals surface area (Å²) in [6.45, 7) is 1.18. The number of rotatable bonds is 5. The highest BCUT2D eigenvalue weighted by atomic mass is 32.2. The van der Waals surface area contributed by atoms with Gasteiger partial charge < -0.3 is 5.32 Å². The molecule has 18 heavy (non-hydrogen) atoms. The third kappa shape index (κ3) is 4.85. The lowest BCUT2D eigenvalue weighted by atomic mass is 10.2. The zero-order valence-electron chi connectivity index (χ0n) is 10.4. The lowest BCUT2D eigenvalue weighted by Crippen LogP contribution is -2.43. The molecule has 0 saturated carbocycles. The van der Waals surface area contributed by atoms with E-state index in [-0.39, 0.29) is 12.6 Å². The van der Waals surface area contributed by atoms with Crippen molar-refractivity contribution in [2.24, 2.45) is 0 Å². The quantitative estimate of drug-likeness (QED) is 0.802. The molecule has 1 saturated heterocycles. The zero-order chi connectivity index (χ0) is 14.0. The van der Waals surface area contributed by atoms with Crippen LogP contribution in [0.4, 0.5) is 8.78 Å². The predicted octanol–water partition coefficient (Wildman–Crippen LogP) is 0.572. The Morgan fingerprint density at radius 3 is 2.61 bits per heavy atom. The first-order valence-corrected chi connectivity index (χ1v) is 7.56. The number of hydrogen-bond acceptors (Lipinski definition) is 3. The molecule has 5 nitrogen and oxygen atoms in total. The summed E-state index contributed by atoms with van der Waals surface area (Å²) in [6.07, 6.45) is 1.58. The summed E-state index contributed by atoms with van der Waals surface area (Å²) in [7, 11) is -3.30. The average Bonchev–Trinajstić information content (AvgIpc) is 2.58. The van der Waals surface area contributed by atoms with E-state index in [1.54, 1.807) is 0 Å². The SMILES string of the molecule is CC(F)(F)CC(=O)NC[C@H]1CCCN1S(C)(=O)=O. The van der Waals surface area contributed by atoms with Crippen LogP contribution in [-0.2, 0) is 14.8 Å². The summed E-state index contributed by atoms with van der Waals surface area (Å²) in [5.74, 6) is -3.81. The van der Waals surface area contributed by atoms with Gasteiger partial charge in [-0.2, -0.15) is 4.31 Å². The number of nitrogens with one attached hydrogen (secondary N) is 1. The largest absolute Gasteiger partial charge is 0.354 e. The standard InChI is InChI=1S/C10H18F2N2O3S/c1-10(11,12)6-9(15)13-7-8-4-3-5-14(8)18(2,16)17/h8H,3-7H2,1-2H3,(H,13,15)/t8-/m1/s1. The van der Waals surface area contributed by atoms with Crippen LogP contribution >= 0.6 is 0 Å². The number of amides is 1. The fourth-order valence-electron chi connectivity index (χ4n) is 2.03. The van der Waals surface area contributed by atoms with Crippen LogP contribution in [0.3, 0.4) is 0 Å². The minimum Gasteiger partial charge on any atom is -0.354 e. The number of alkyl halides is 2. The van der Waals surface area contributed by atoms with Crippen LogP contribution in [0.2, 0.25) is 0 Å². The molecule has 1 aliphatic heterocycles. The van der Waals surface area contributed by atoms with E-state index in [2.05, 4.69) is 5.32 Å². The van der Waals surface area contributed by atoms with Crippen molar-refractivity contribution in [3.63, 3.8) is 0 Å². The molecule has 0 bridgehead atoms. The van der Waals surface area contributed by atoms with Crippen LogP contribution in [0.15, 0.2) is 0 Å². The highest BCUT2D eigenvalue weighted by Crippen LogP contribution is 2.20. The first kappa shape index (κ1) is 15.3. The van der Waals surface area contributed by atoms with E-state index in [9.17, 15) is 22.0 Å². The van der Waals surface area contributed by atoms with Crippen molar-refractivity contribution >= 4 is 15.9 Å². The summed E-state index contributed by atoms with van der Waals surface area (Å²) in [5, 5.41) is 2.36. The number of hydrogen-bond donors (Lipinski definition) is 1. The molecular weight excluding hydrogens is 266 g/mol. The molecule has 106 valence electrons. The van der Waals surface area contributed by atoms with Crippen molar-refractivity contribution in [1.29, 1.82) is 0 Å². The monoisotopic (exact) mass is 284 g/mol. The maximum absolute atomic E-state index is 12.6. The molecule has 1 heterocycles. The van der Waals surface area contributed by atoms with Gasteiger partial charge in [0.05, 0.1) is 12.7 Å². The molecule has 1 amide bonds. The van der Waals surface area contributed by atoms with Gasteiger partial charge in [-0.05, 0) is 19.8 Å². The molecule has 0 radical (unpaired) electrons. The van der Waals surface area contributed by atoms with Gasteiger partial charge in [-0.15, -0.1) is 0 Å². The number of carbonyl (C=O) groups is 1. The molecular formula is C10H18F2N2O3S. The fraction of sp³-hybridized carbons (Fsp3) is 0.900. The van der Waals surface area contributed by atoms with Gasteiger partial charge >= 0.3 is 0 Å². The van der Waals surface area contributed by atoms with Crippen LogP contribution in [0.5, 0.6) is 0 Å². The minimum atomic E-state index is -3.30. The Morgan fingerprint density at radius 1 is 1.50 bits per heavy atom. The van der Waals surface area contributed by atoms with Gasteiger partial charge in [0, 0.05) is 19.1 Å². The van der Waals surface area contributed by atoms with Gasteiger partial charge in [0.2, 0.25) is 15.9 Å². The van der Waals surface area contributed by atoms with Crippen molar-refractivity contribution in [2.75, 3.05) is 19.3 Å². The van der Waals surface area contributed by atoms with E-state index in [1.807, 2.05) is 0 Å². The Morgan fingerprint density at radius 2 is 2.11 bits per heavy atom. The van der Waals surface area contributed by atoms with E-state index in [0.717, 1.165) is 12.7 Å². The average molecular weight is 284 g/mol. The first-order valence-electron chi connectivity index (χ1n) is 5.71. The molecule has 1 N–H and O–H groups in total. The zero-order valence-corrected chi connectivity index (χ0v) is 11.3. The summed E-state index contributed by atoms with van der Waals surface area (Å²) in [4.78, 5) is 11.2. The van der Waals surface area contributed by atoms with Gasteiger partial charge in [-0.25, -0.2) is 17.2 Å². The van der Waals surface area contributed by atoms with Crippen molar-refractivity contribution in [3.8, 4) is 0 Å². The van der Waals surface area contributed by atoms with Crippen molar-refractivity contribution in [1.82, 2.24) is 9.62 Å². The van der Waals surface area contributed by atoms with Crippen LogP contribution < -0.4 is 5.32 Å². The minimum absolute atomic E-state index is 0.0853. The molecule has 1 rings (SSSR count). The molecule has 1 fully saturated rings. The van der Waals surface area contributed by atoms with Gasteiger partial charge in [0.1, 0.15) is 0 Å². The number of nitrogens with zero attached hydrogens (tertiary/aromatic N) is 1. The molecule has 1 atom stereocenters. The van der Waals surface area contributed by atoms with E-state index in [0.29, 0.717) is 19.9 Å². The highest BCUT2D eigenvalue weighted by molar-refractivity contribution is 7.88. The predicted molar refractivity (Wildman–Crippen MR) is 62.8 cm³/mol. The second kappa shape index (κ2) is 5.48. The second-order valence-corrected chi connectivity index (χ2v) is 6.66. The summed E-state index contributed by atoms with van der Waals surface area (Å²) in [6, 6.07) is -0.325. The summed E-state index contributed by atoms with van der Waals surface area (Å²) < 4.78 is 49.3. The van der Waals surface area contributed by atoms with Crippen LogP contribution in [-0.4, -0.2) is 49.9 Å². The molecule has 0 aliphatic carbocycles. The molecule has 0 aromatic carbocycles. The first-order chi connectivity index (χ1) is 8.09. The number of halogens is 2. The van der Waals surface area contributed by atoms with Crippen molar-refractivity contribution in [2.45, 2.75) is 38.2 Å². The normalized spacial score (nSPS) is 22.1. The second-order valence-electron chi connectivity index (χ2n) is 4.72. The Kier molecular flexibility index (Phi) is 4.66. The smallest absolute Gasteiger partial charge is 0.254 e. The van der Waals surface area contributed by atoms with Gasteiger partial charge in [-0.1, -0.05) is 0 Å². The Labute approximate surface area is 106 Å². The van der Waals surface area contributed by atoms with Crippen LogP contribution in [0.25, 0.3) is 0 Å². The molecule has 0 unspecified atom stereocenters. The van der Waals surface area contributed by atoms with Gasteiger partial charge in [0.25, 0.3) is 5.92 Å². The van der Waals surface area contributed by atoms with Crippen LogP contribution in [0, 0.1) is 0 Å². The lowest BCUT2D eigenvalue weighted by Gasteiger charge is -2.22.